The first-order chi connectivity index (χ1) is 6.45. The molecule has 2 heteroatoms. The number of hydrogen-bond acceptors (Lipinski definition) is 2. The van der Waals surface area contributed by atoms with Gasteiger partial charge in [0.15, 0.2) is 0 Å². The highest BCUT2D eigenvalue weighted by atomic mass is 16.5. The molecule has 0 spiro atoms. The molecule has 70 valence electrons. The maximum absolute atomic E-state index is 5.56. The predicted octanol–water partition coefficient (Wildman–Crippen LogP) is 1.57. The van der Waals surface area contributed by atoms with Crippen molar-refractivity contribution in [1.29, 1.82) is 0 Å². The first kappa shape index (κ1) is 8.73. The molecule has 0 bridgehead atoms. The molecule has 1 N–H and O–H groups in total. The molecule has 1 atom stereocenters. The van der Waals surface area contributed by atoms with Crippen molar-refractivity contribution in [2.24, 2.45) is 0 Å². The summed E-state index contributed by atoms with van der Waals surface area (Å²) >= 11 is 0. The Morgan fingerprint density at radius 3 is 2.69 bits per heavy atom. The number of ether oxygens (including phenoxy) is 1. The molecule has 1 saturated heterocycles. The van der Waals surface area contributed by atoms with Gasteiger partial charge in [0.2, 0.25) is 0 Å². The summed E-state index contributed by atoms with van der Waals surface area (Å²) in [7, 11) is 0. The molecule has 0 amide bonds. The van der Waals surface area contributed by atoms with Gasteiger partial charge >= 0.3 is 0 Å². The monoisotopic (exact) mass is 177 g/mol. The number of benzene rings is 1. The van der Waals surface area contributed by atoms with Crippen molar-refractivity contribution in [2.75, 3.05) is 13.2 Å². The molecule has 13 heavy (non-hydrogen) atoms. The zero-order chi connectivity index (χ0) is 8.93. The normalized spacial score (nSPS) is 21.1. The standard InChI is InChI=1S/C11H15NO/c1-2-4-10(5-3-1)8-13-9-11-6-7-12-11/h1-5,11-12H,6-9H2/t11-/m1/s1. The van der Waals surface area contributed by atoms with E-state index in [9.17, 15) is 0 Å². The van der Waals surface area contributed by atoms with E-state index in [2.05, 4.69) is 17.4 Å². The van der Waals surface area contributed by atoms with Crippen LogP contribution in [-0.4, -0.2) is 19.2 Å². The van der Waals surface area contributed by atoms with Crippen LogP contribution < -0.4 is 5.32 Å². The highest BCUT2D eigenvalue weighted by Crippen LogP contribution is 2.05. The molecule has 1 fully saturated rings. The number of rotatable bonds is 4. The molecule has 0 aliphatic carbocycles. The molecule has 2 nitrogen and oxygen atoms in total. The second-order valence-electron chi connectivity index (χ2n) is 3.44. The lowest BCUT2D eigenvalue weighted by Crippen LogP contribution is -2.45. The van der Waals surface area contributed by atoms with Crippen LogP contribution in [0.3, 0.4) is 0 Å². The summed E-state index contributed by atoms with van der Waals surface area (Å²) in [6.45, 7) is 2.73. The van der Waals surface area contributed by atoms with Crippen molar-refractivity contribution in [3.63, 3.8) is 0 Å². The molecule has 1 aromatic rings. The second kappa shape index (κ2) is 4.40. The van der Waals surface area contributed by atoms with Crippen LogP contribution in [0.25, 0.3) is 0 Å². The van der Waals surface area contributed by atoms with Gasteiger partial charge in [0.1, 0.15) is 0 Å². The van der Waals surface area contributed by atoms with Crippen molar-refractivity contribution in [3.05, 3.63) is 35.9 Å². The Kier molecular flexibility index (Phi) is 2.95. The molecular formula is C11H15NO. The van der Waals surface area contributed by atoms with Gasteiger partial charge in [-0.1, -0.05) is 30.3 Å². The second-order valence-corrected chi connectivity index (χ2v) is 3.44. The minimum atomic E-state index is 0.601. The van der Waals surface area contributed by atoms with Gasteiger partial charge in [0.25, 0.3) is 0 Å². The minimum Gasteiger partial charge on any atom is -0.375 e. The zero-order valence-corrected chi connectivity index (χ0v) is 7.70. The fraction of sp³-hybridized carbons (Fsp3) is 0.455. The Balaban J connectivity index is 1.67. The zero-order valence-electron chi connectivity index (χ0n) is 7.70. The van der Waals surface area contributed by atoms with E-state index in [4.69, 9.17) is 4.74 Å². The quantitative estimate of drug-likeness (QED) is 0.753. The highest BCUT2D eigenvalue weighted by Gasteiger charge is 2.15. The molecule has 1 aliphatic rings. The van der Waals surface area contributed by atoms with Crippen LogP contribution >= 0.6 is 0 Å². The van der Waals surface area contributed by atoms with Crippen LogP contribution in [0.5, 0.6) is 0 Å². The lowest BCUT2D eigenvalue weighted by Gasteiger charge is -2.27. The number of hydrogen-bond donors (Lipinski definition) is 1. The fourth-order valence-corrected chi connectivity index (χ4v) is 1.38. The summed E-state index contributed by atoms with van der Waals surface area (Å²) in [5, 5.41) is 3.31. The lowest BCUT2D eigenvalue weighted by molar-refractivity contribution is 0.0807. The van der Waals surface area contributed by atoms with E-state index in [0.29, 0.717) is 6.04 Å². The molecular weight excluding hydrogens is 162 g/mol. The van der Waals surface area contributed by atoms with Crippen LogP contribution in [0, 0.1) is 0 Å². The van der Waals surface area contributed by atoms with E-state index in [1.54, 1.807) is 0 Å². The highest BCUT2D eigenvalue weighted by molar-refractivity contribution is 5.13. The van der Waals surface area contributed by atoms with E-state index in [-0.39, 0.29) is 0 Å². The number of nitrogens with one attached hydrogen (secondary N) is 1. The van der Waals surface area contributed by atoms with Gasteiger partial charge in [-0.2, -0.15) is 0 Å². The summed E-state index contributed by atoms with van der Waals surface area (Å²) in [4.78, 5) is 0. The summed E-state index contributed by atoms with van der Waals surface area (Å²) in [6, 6.07) is 10.9. The maximum Gasteiger partial charge on any atom is 0.0717 e. The molecule has 1 aliphatic heterocycles. The summed E-state index contributed by atoms with van der Waals surface area (Å²) in [5.74, 6) is 0. The van der Waals surface area contributed by atoms with Crippen LogP contribution in [0.1, 0.15) is 12.0 Å². The molecule has 0 radical (unpaired) electrons. The van der Waals surface area contributed by atoms with Gasteiger partial charge in [0, 0.05) is 6.04 Å². The van der Waals surface area contributed by atoms with Crippen LogP contribution in [0.4, 0.5) is 0 Å². The molecule has 0 aromatic heterocycles. The summed E-state index contributed by atoms with van der Waals surface area (Å²) in [5.41, 5.74) is 1.25. The van der Waals surface area contributed by atoms with Gasteiger partial charge < -0.3 is 10.1 Å². The molecule has 0 saturated carbocycles. The average molecular weight is 177 g/mol. The van der Waals surface area contributed by atoms with Crippen molar-refractivity contribution in [1.82, 2.24) is 5.32 Å². The minimum absolute atomic E-state index is 0.601. The molecule has 2 rings (SSSR count). The Hall–Kier alpha value is -0.860. The fourth-order valence-electron chi connectivity index (χ4n) is 1.38. The van der Waals surface area contributed by atoms with Gasteiger partial charge in [-0.05, 0) is 18.5 Å². The lowest BCUT2D eigenvalue weighted by atomic mass is 10.1. The Morgan fingerprint density at radius 2 is 2.08 bits per heavy atom. The Bertz CT molecular complexity index is 244. The third-order valence-electron chi connectivity index (χ3n) is 2.36. The van der Waals surface area contributed by atoms with Crippen LogP contribution in [-0.2, 0) is 11.3 Å². The van der Waals surface area contributed by atoms with E-state index in [1.165, 1.54) is 12.0 Å². The van der Waals surface area contributed by atoms with Gasteiger partial charge in [0.05, 0.1) is 13.2 Å². The van der Waals surface area contributed by atoms with Crippen LogP contribution in [0.15, 0.2) is 30.3 Å². The average Bonchev–Trinajstić information content (AvgIpc) is 2.11. The van der Waals surface area contributed by atoms with E-state index < -0.39 is 0 Å². The third kappa shape index (κ3) is 2.54. The van der Waals surface area contributed by atoms with Crippen LogP contribution in [0.2, 0.25) is 0 Å². The molecule has 0 unspecified atom stereocenters. The van der Waals surface area contributed by atoms with E-state index >= 15 is 0 Å². The van der Waals surface area contributed by atoms with Crippen molar-refractivity contribution >= 4 is 0 Å². The first-order valence-electron chi connectivity index (χ1n) is 4.80. The SMILES string of the molecule is c1ccc(COC[C@H]2CCN2)cc1. The predicted molar refractivity (Wildman–Crippen MR) is 52.5 cm³/mol. The summed E-state index contributed by atoms with van der Waals surface area (Å²) < 4.78 is 5.56. The third-order valence-corrected chi connectivity index (χ3v) is 2.36. The molecule has 1 heterocycles. The molecule has 1 aromatic carbocycles. The topological polar surface area (TPSA) is 21.3 Å². The smallest absolute Gasteiger partial charge is 0.0717 e. The Labute approximate surface area is 78.9 Å². The van der Waals surface area contributed by atoms with Crippen molar-refractivity contribution in [2.45, 2.75) is 19.1 Å². The van der Waals surface area contributed by atoms with Crippen molar-refractivity contribution in [3.8, 4) is 0 Å². The Morgan fingerprint density at radius 1 is 1.31 bits per heavy atom. The largest absolute Gasteiger partial charge is 0.375 e. The van der Waals surface area contributed by atoms with Gasteiger partial charge in [-0.15, -0.1) is 0 Å². The van der Waals surface area contributed by atoms with E-state index in [0.717, 1.165) is 19.8 Å². The van der Waals surface area contributed by atoms with Gasteiger partial charge in [-0.3, -0.25) is 0 Å². The van der Waals surface area contributed by atoms with Gasteiger partial charge in [-0.25, -0.2) is 0 Å². The maximum atomic E-state index is 5.56. The summed E-state index contributed by atoms with van der Waals surface area (Å²) in [6.07, 6.45) is 1.26. The van der Waals surface area contributed by atoms with E-state index in [1.807, 2.05) is 18.2 Å². The first-order valence-corrected chi connectivity index (χ1v) is 4.80. The van der Waals surface area contributed by atoms with Crippen molar-refractivity contribution < 1.29 is 4.74 Å².